The summed E-state index contributed by atoms with van der Waals surface area (Å²) in [6.45, 7) is 12.7. The van der Waals surface area contributed by atoms with E-state index in [1.807, 2.05) is 13.8 Å². The number of piperazine rings is 1. The zero-order valence-corrected chi connectivity index (χ0v) is 13.3. The molecule has 2 rings (SSSR count). The summed E-state index contributed by atoms with van der Waals surface area (Å²) in [5.41, 5.74) is -0.570. The largest absolute Gasteiger partial charge is 0.375 e. The van der Waals surface area contributed by atoms with Gasteiger partial charge >= 0.3 is 0 Å². The third-order valence-electron chi connectivity index (χ3n) is 4.50. The van der Waals surface area contributed by atoms with Gasteiger partial charge in [-0.3, -0.25) is 9.69 Å². The molecule has 2 fully saturated rings. The van der Waals surface area contributed by atoms with Crippen molar-refractivity contribution in [2.24, 2.45) is 0 Å². The maximum absolute atomic E-state index is 12.6. The van der Waals surface area contributed by atoms with E-state index in [0.29, 0.717) is 0 Å². The van der Waals surface area contributed by atoms with E-state index >= 15 is 0 Å². The molecule has 0 radical (unpaired) electrons. The normalized spacial score (nSPS) is 28.1. The summed E-state index contributed by atoms with van der Waals surface area (Å²) >= 11 is 0. The van der Waals surface area contributed by atoms with E-state index in [2.05, 4.69) is 29.4 Å². The van der Waals surface area contributed by atoms with Crippen LogP contribution < -0.4 is 10.6 Å². The molecule has 0 saturated carbocycles. The standard InChI is InChI=1S/C15H29N3O2/c1-14(2)11-12(5-10-20-14)17-13(19)15(3,4)18-8-6-16-7-9-18/h12,16H,5-11H2,1-4H3,(H,17,19). The van der Waals surface area contributed by atoms with Crippen molar-refractivity contribution in [3.05, 3.63) is 0 Å². The van der Waals surface area contributed by atoms with Crippen molar-refractivity contribution < 1.29 is 9.53 Å². The fourth-order valence-corrected chi connectivity index (χ4v) is 3.08. The lowest BCUT2D eigenvalue weighted by Crippen LogP contribution is -2.61. The van der Waals surface area contributed by atoms with Crippen molar-refractivity contribution >= 4 is 5.91 Å². The van der Waals surface area contributed by atoms with Gasteiger partial charge in [0.15, 0.2) is 0 Å². The molecule has 116 valence electrons. The Morgan fingerprint density at radius 3 is 2.60 bits per heavy atom. The molecule has 2 aliphatic rings. The minimum absolute atomic E-state index is 0.130. The molecule has 0 spiro atoms. The summed E-state index contributed by atoms with van der Waals surface area (Å²) in [7, 11) is 0. The van der Waals surface area contributed by atoms with Gasteiger partial charge in [-0.2, -0.15) is 0 Å². The molecule has 5 nitrogen and oxygen atoms in total. The molecule has 1 atom stereocenters. The quantitative estimate of drug-likeness (QED) is 0.802. The van der Waals surface area contributed by atoms with E-state index in [4.69, 9.17) is 4.74 Å². The van der Waals surface area contributed by atoms with Gasteiger partial charge in [0.25, 0.3) is 0 Å². The molecule has 1 amide bonds. The Morgan fingerprint density at radius 2 is 2.00 bits per heavy atom. The zero-order chi connectivity index (χ0) is 14.8. The van der Waals surface area contributed by atoms with Crippen LogP contribution in [0.1, 0.15) is 40.5 Å². The first-order valence-electron chi connectivity index (χ1n) is 7.72. The number of carbonyl (C=O) groups excluding carboxylic acids is 1. The third-order valence-corrected chi connectivity index (χ3v) is 4.50. The third kappa shape index (κ3) is 3.71. The first-order chi connectivity index (χ1) is 9.31. The summed E-state index contributed by atoms with van der Waals surface area (Å²) in [6, 6.07) is 0.230. The Hall–Kier alpha value is -0.650. The Labute approximate surface area is 122 Å². The number of hydrogen-bond acceptors (Lipinski definition) is 4. The summed E-state index contributed by atoms with van der Waals surface area (Å²) in [6.07, 6.45) is 1.79. The van der Waals surface area contributed by atoms with Crippen LogP contribution in [0.5, 0.6) is 0 Å². The van der Waals surface area contributed by atoms with Crippen LogP contribution in [-0.2, 0) is 9.53 Å². The molecule has 0 aliphatic carbocycles. The van der Waals surface area contributed by atoms with E-state index in [9.17, 15) is 4.79 Å². The van der Waals surface area contributed by atoms with E-state index in [-0.39, 0.29) is 17.6 Å². The Balaban J connectivity index is 1.92. The highest BCUT2D eigenvalue weighted by atomic mass is 16.5. The molecule has 1 unspecified atom stereocenters. The first-order valence-corrected chi connectivity index (χ1v) is 7.72. The molecule has 2 saturated heterocycles. The smallest absolute Gasteiger partial charge is 0.240 e. The Bertz CT molecular complexity index is 349. The van der Waals surface area contributed by atoms with Crippen molar-refractivity contribution in [1.29, 1.82) is 0 Å². The molecule has 2 N–H and O–H groups in total. The van der Waals surface area contributed by atoms with Crippen LogP contribution in [0.2, 0.25) is 0 Å². The van der Waals surface area contributed by atoms with E-state index in [1.54, 1.807) is 0 Å². The minimum atomic E-state index is -0.440. The highest BCUT2D eigenvalue weighted by Crippen LogP contribution is 2.25. The first kappa shape index (κ1) is 15.7. The van der Waals surface area contributed by atoms with Crippen LogP contribution in [0.3, 0.4) is 0 Å². The predicted octanol–water partition coefficient (Wildman–Crippen LogP) is 0.744. The maximum atomic E-state index is 12.6. The summed E-state index contributed by atoms with van der Waals surface area (Å²) in [4.78, 5) is 14.9. The van der Waals surface area contributed by atoms with E-state index in [1.165, 1.54) is 0 Å². The molecule has 0 aromatic heterocycles. The fourth-order valence-electron chi connectivity index (χ4n) is 3.08. The van der Waals surface area contributed by atoms with E-state index < -0.39 is 5.54 Å². The summed E-state index contributed by atoms with van der Waals surface area (Å²) in [5.74, 6) is 0.141. The molecule has 2 heterocycles. The SMILES string of the molecule is CC1(C)CC(NC(=O)C(C)(C)N2CCNCC2)CCO1. The summed E-state index contributed by atoms with van der Waals surface area (Å²) < 4.78 is 5.71. The molecule has 20 heavy (non-hydrogen) atoms. The second-order valence-corrected chi connectivity index (χ2v) is 7.07. The van der Waals surface area contributed by atoms with Gasteiger partial charge in [0.1, 0.15) is 0 Å². The highest BCUT2D eigenvalue weighted by Gasteiger charge is 2.37. The molecule has 5 heteroatoms. The Morgan fingerprint density at radius 1 is 1.35 bits per heavy atom. The average molecular weight is 283 g/mol. The monoisotopic (exact) mass is 283 g/mol. The van der Waals surface area contributed by atoms with Gasteiger partial charge in [-0.1, -0.05) is 0 Å². The lowest BCUT2D eigenvalue weighted by molar-refractivity contribution is -0.135. The molecule has 0 bridgehead atoms. The van der Waals surface area contributed by atoms with Crippen molar-refractivity contribution in [3.8, 4) is 0 Å². The van der Waals surface area contributed by atoms with Crippen LogP contribution in [0.4, 0.5) is 0 Å². The van der Waals surface area contributed by atoms with Gasteiger partial charge in [0, 0.05) is 38.8 Å². The lowest BCUT2D eigenvalue weighted by atomic mass is 9.92. The van der Waals surface area contributed by atoms with Crippen LogP contribution in [-0.4, -0.2) is 60.8 Å². The molecule has 2 aliphatic heterocycles. The highest BCUT2D eigenvalue weighted by molar-refractivity contribution is 5.85. The molecule has 0 aromatic carbocycles. The lowest BCUT2D eigenvalue weighted by Gasteiger charge is -2.42. The number of carbonyl (C=O) groups is 1. The average Bonchev–Trinajstić information content (AvgIpc) is 2.38. The minimum Gasteiger partial charge on any atom is -0.375 e. The van der Waals surface area contributed by atoms with Gasteiger partial charge in [0.05, 0.1) is 11.1 Å². The molecular formula is C15H29N3O2. The van der Waals surface area contributed by atoms with Crippen molar-refractivity contribution in [3.63, 3.8) is 0 Å². The van der Waals surface area contributed by atoms with Crippen molar-refractivity contribution in [1.82, 2.24) is 15.5 Å². The number of hydrogen-bond donors (Lipinski definition) is 2. The van der Waals surface area contributed by atoms with Gasteiger partial charge < -0.3 is 15.4 Å². The maximum Gasteiger partial charge on any atom is 0.240 e. The molecule has 0 aromatic rings. The number of nitrogens with one attached hydrogen (secondary N) is 2. The number of amides is 1. The number of nitrogens with zero attached hydrogens (tertiary/aromatic N) is 1. The molecular weight excluding hydrogens is 254 g/mol. The second-order valence-electron chi connectivity index (χ2n) is 7.07. The number of rotatable bonds is 3. The Kier molecular flexibility index (Phi) is 4.72. The van der Waals surface area contributed by atoms with Crippen LogP contribution >= 0.6 is 0 Å². The van der Waals surface area contributed by atoms with Gasteiger partial charge in [-0.05, 0) is 40.5 Å². The second kappa shape index (κ2) is 6.00. The van der Waals surface area contributed by atoms with Gasteiger partial charge in [0.2, 0.25) is 5.91 Å². The zero-order valence-electron chi connectivity index (χ0n) is 13.3. The fraction of sp³-hybridized carbons (Fsp3) is 0.933. The van der Waals surface area contributed by atoms with Gasteiger partial charge in [-0.25, -0.2) is 0 Å². The van der Waals surface area contributed by atoms with Crippen molar-refractivity contribution in [2.75, 3.05) is 32.8 Å². The van der Waals surface area contributed by atoms with Gasteiger partial charge in [-0.15, -0.1) is 0 Å². The van der Waals surface area contributed by atoms with Crippen LogP contribution in [0.15, 0.2) is 0 Å². The topological polar surface area (TPSA) is 53.6 Å². The van der Waals surface area contributed by atoms with Crippen LogP contribution in [0.25, 0.3) is 0 Å². The summed E-state index contributed by atoms with van der Waals surface area (Å²) in [5, 5.41) is 6.56. The number of ether oxygens (including phenoxy) is 1. The predicted molar refractivity (Wildman–Crippen MR) is 79.7 cm³/mol. The van der Waals surface area contributed by atoms with E-state index in [0.717, 1.165) is 45.6 Å². The van der Waals surface area contributed by atoms with Crippen molar-refractivity contribution in [2.45, 2.75) is 57.7 Å². The van der Waals surface area contributed by atoms with Crippen LogP contribution in [0, 0.1) is 0 Å².